The van der Waals surface area contributed by atoms with Crippen LogP contribution in [0.2, 0.25) is 5.15 Å². The van der Waals surface area contributed by atoms with Crippen LogP contribution in [0.5, 0.6) is 5.75 Å². The van der Waals surface area contributed by atoms with Gasteiger partial charge in [-0.25, -0.2) is 4.98 Å². The van der Waals surface area contributed by atoms with Gasteiger partial charge in [0.25, 0.3) is 0 Å². The normalized spacial score (nSPS) is 15.3. The molecular formula is C10H10ClNO2. The van der Waals surface area contributed by atoms with Gasteiger partial charge in [0, 0.05) is 11.3 Å². The molecule has 14 heavy (non-hydrogen) atoms. The fourth-order valence-electron chi connectivity index (χ4n) is 1.14. The van der Waals surface area contributed by atoms with Gasteiger partial charge in [-0.05, 0) is 25.8 Å². The fraction of sp³-hybridized carbons (Fsp3) is 0.400. The smallest absolute Gasteiger partial charge is 0.171 e. The van der Waals surface area contributed by atoms with Crippen LogP contribution in [-0.4, -0.2) is 17.4 Å². The third-order valence-corrected chi connectivity index (χ3v) is 2.39. The number of hydrogen-bond acceptors (Lipinski definition) is 3. The molecule has 1 aromatic heterocycles. The highest BCUT2D eigenvalue weighted by Gasteiger charge is 2.25. The van der Waals surface area contributed by atoms with Crippen LogP contribution < -0.4 is 4.74 Å². The third-order valence-electron chi connectivity index (χ3n) is 2.12. The molecule has 1 aromatic rings. The van der Waals surface area contributed by atoms with E-state index in [2.05, 4.69) is 4.98 Å². The maximum atomic E-state index is 10.7. The number of aromatic nitrogens is 1. The molecule has 4 heteroatoms. The Hall–Kier alpha value is -1.09. The van der Waals surface area contributed by atoms with Crippen LogP contribution in [0.1, 0.15) is 28.9 Å². The van der Waals surface area contributed by atoms with E-state index < -0.39 is 0 Å². The molecule has 0 bridgehead atoms. The van der Waals surface area contributed by atoms with E-state index >= 15 is 0 Å². The lowest BCUT2D eigenvalue weighted by atomic mass is 10.2. The molecular weight excluding hydrogens is 202 g/mol. The lowest BCUT2D eigenvalue weighted by molar-refractivity contribution is 0.112. The summed E-state index contributed by atoms with van der Waals surface area (Å²) in [5.41, 5.74) is 1.16. The first kappa shape index (κ1) is 9.46. The zero-order valence-corrected chi connectivity index (χ0v) is 8.54. The van der Waals surface area contributed by atoms with E-state index in [1.165, 1.54) is 0 Å². The number of carbonyl (C=O) groups excluding carboxylic acids is 1. The van der Waals surface area contributed by atoms with Crippen molar-refractivity contribution in [1.29, 1.82) is 0 Å². The first-order chi connectivity index (χ1) is 6.70. The monoisotopic (exact) mass is 211 g/mol. The number of rotatable bonds is 3. The molecule has 0 N–H and O–H groups in total. The molecule has 1 aliphatic carbocycles. The first-order valence-corrected chi connectivity index (χ1v) is 4.87. The fourth-order valence-corrected chi connectivity index (χ4v) is 1.37. The minimum atomic E-state index is 0.261. The van der Waals surface area contributed by atoms with Crippen LogP contribution in [0, 0.1) is 6.92 Å². The topological polar surface area (TPSA) is 39.2 Å². The van der Waals surface area contributed by atoms with Crippen molar-refractivity contribution >= 4 is 17.9 Å². The summed E-state index contributed by atoms with van der Waals surface area (Å²) in [7, 11) is 0. The zero-order valence-electron chi connectivity index (χ0n) is 7.79. The number of ether oxygens (including phenoxy) is 1. The molecule has 0 aliphatic heterocycles. The van der Waals surface area contributed by atoms with Crippen molar-refractivity contribution < 1.29 is 9.53 Å². The molecule has 0 spiro atoms. The van der Waals surface area contributed by atoms with Crippen LogP contribution >= 0.6 is 11.6 Å². The van der Waals surface area contributed by atoms with Crippen molar-refractivity contribution in [2.45, 2.75) is 25.9 Å². The number of carbonyl (C=O) groups is 1. The van der Waals surface area contributed by atoms with Gasteiger partial charge in [0.05, 0.1) is 6.10 Å². The Labute approximate surface area is 87.0 Å². The van der Waals surface area contributed by atoms with Gasteiger partial charge in [-0.3, -0.25) is 4.79 Å². The van der Waals surface area contributed by atoms with E-state index in [0.29, 0.717) is 22.2 Å². The standard InChI is InChI=1S/C10H10ClNO2/c1-6-7(5-13)4-9(10(11)12-6)14-8-2-3-8/h4-5,8H,2-3H2,1H3. The number of pyridine rings is 1. The summed E-state index contributed by atoms with van der Waals surface area (Å²) < 4.78 is 5.50. The maximum absolute atomic E-state index is 10.7. The van der Waals surface area contributed by atoms with E-state index in [9.17, 15) is 4.79 Å². The van der Waals surface area contributed by atoms with Crippen LogP contribution in [0.4, 0.5) is 0 Å². The Morgan fingerprint density at radius 2 is 2.36 bits per heavy atom. The van der Waals surface area contributed by atoms with Gasteiger partial charge in [0.1, 0.15) is 0 Å². The Morgan fingerprint density at radius 1 is 1.64 bits per heavy atom. The van der Waals surface area contributed by atoms with Crippen molar-refractivity contribution in [3.63, 3.8) is 0 Å². The predicted octanol–water partition coefficient (Wildman–Crippen LogP) is 2.40. The molecule has 1 fully saturated rings. The van der Waals surface area contributed by atoms with Crippen LogP contribution in [-0.2, 0) is 0 Å². The van der Waals surface area contributed by atoms with E-state index in [-0.39, 0.29) is 6.10 Å². The molecule has 0 amide bonds. The molecule has 0 radical (unpaired) electrons. The highest BCUT2D eigenvalue weighted by atomic mass is 35.5. The van der Waals surface area contributed by atoms with E-state index in [1.54, 1.807) is 13.0 Å². The largest absolute Gasteiger partial charge is 0.487 e. The van der Waals surface area contributed by atoms with Crippen molar-refractivity contribution in [3.05, 3.63) is 22.5 Å². The predicted molar refractivity (Wildman–Crippen MR) is 53.0 cm³/mol. The summed E-state index contributed by atoms with van der Waals surface area (Å²) in [5, 5.41) is 0.333. The van der Waals surface area contributed by atoms with Gasteiger partial charge < -0.3 is 4.74 Å². The number of halogens is 1. The Kier molecular flexibility index (Phi) is 2.42. The molecule has 0 atom stereocenters. The van der Waals surface area contributed by atoms with Crippen LogP contribution in [0.15, 0.2) is 6.07 Å². The van der Waals surface area contributed by atoms with Crippen LogP contribution in [0.3, 0.4) is 0 Å². The van der Waals surface area contributed by atoms with Crippen molar-refractivity contribution in [1.82, 2.24) is 4.98 Å². The molecule has 0 aromatic carbocycles. The average molecular weight is 212 g/mol. The molecule has 2 rings (SSSR count). The molecule has 1 aliphatic rings. The van der Waals surface area contributed by atoms with Crippen molar-refractivity contribution in [2.24, 2.45) is 0 Å². The lowest BCUT2D eigenvalue weighted by Gasteiger charge is -2.07. The van der Waals surface area contributed by atoms with E-state index in [1.807, 2.05) is 0 Å². The minimum absolute atomic E-state index is 0.261. The number of hydrogen-bond donors (Lipinski definition) is 0. The van der Waals surface area contributed by atoms with Gasteiger partial charge in [-0.2, -0.15) is 0 Å². The third kappa shape index (κ3) is 1.87. The minimum Gasteiger partial charge on any atom is -0.487 e. The quantitative estimate of drug-likeness (QED) is 0.569. The van der Waals surface area contributed by atoms with E-state index in [0.717, 1.165) is 19.1 Å². The SMILES string of the molecule is Cc1nc(Cl)c(OC2CC2)cc1C=O. The number of aldehydes is 1. The summed E-state index contributed by atoms with van der Waals surface area (Å²) in [6.07, 6.45) is 3.14. The van der Waals surface area contributed by atoms with Gasteiger partial charge >= 0.3 is 0 Å². The second-order valence-corrected chi connectivity index (χ2v) is 3.75. The Morgan fingerprint density at radius 3 is 2.93 bits per heavy atom. The van der Waals surface area contributed by atoms with Gasteiger partial charge in [-0.15, -0.1) is 0 Å². The van der Waals surface area contributed by atoms with Gasteiger partial charge in [-0.1, -0.05) is 11.6 Å². The van der Waals surface area contributed by atoms with Crippen molar-refractivity contribution in [3.8, 4) is 5.75 Å². The second-order valence-electron chi connectivity index (χ2n) is 3.39. The van der Waals surface area contributed by atoms with E-state index in [4.69, 9.17) is 16.3 Å². The maximum Gasteiger partial charge on any atom is 0.171 e. The van der Waals surface area contributed by atoms with Gasteiger partial charge in [0.15, 0.2) is 17.2 Å². The van der Waals surface area contributed by atoms with Gasteiger partial charge in [0.2, 0.25) is 0 Å². The molecule has 74 valence electrons. The Balaban J connectivity index is 2.32. The summed E-state index contributed by atoms with van der Waals surface area (Å²) in [6.45, 7) is 1.75. The second kappa shape index (κ2) is 3.58. The summed E-state index contributed by atoms with van der Waals surface area (Å²) >= 11 is 5.88. The number of nitrogens with zero attached hydrogens (tertiary/aromatic N) is 1. The molecule has 1 heterocycles. The highest BCUT2D eigenvalue weighted by molar-refractivity contribution is 6.30. The molecule has 3 nitrogen and oxygen atoms in total. The summed E-state index contributed by atoms with van der Waals surface area (Å²) in [5.74, 6) is 0.516. The first-order valence-electron chi connectivity index (χ1n) is 4.49. The number of aryl methyl sites for hydroxylation is 1. The molecule has 0 saturated heterocycles. The highest BCUT2D eigenvalue weighted by Crippen LogP contribution is 2.31. The zero-order chi connectivity index (χ0) is 10.1. The lowest BCUT2D eigenvalue weighted by Crippen LogP contribution is -2.00. The van der Waals surface area contributed by atoms with Crippen LogP contribution in [0.25, 0.3) is 0 Å². The summed E-state index contributed by atoms with van der Waals surface area (Å²) in [6, 6.07) is 1.65. The summed E-state index contributed by atoms with van der Waals surface area (Å²) in [4.78, 5) is 14.7. The Bertz CT molecular complexity index is 375. The molecule has 1 saturated carbocycles. The molecule has 0 unspecified atom stereocenters. The van der Waals surface area contributed by atoms with Crippen molar-refractivity contribution in [2.75, 3.05) is 0 Å². The average Bonchev–Trinajstić information content (AvgIpc) is 2.93.